The number of nitrogens with zero attached hydrogens (tertiary/aromatic N) is 6. The summed E-state index contributed by atoms with van der Waals surface area (Å²) in [6.45, 7) is 4.62. The molecule has 1 aliphatic carbocycles. The molecule has 176 valence electrons. The van der Waals surface area contributed by atoms with Crippen molar-refractivity contribution in [3.63, 3.8) is 0 Å². The minimum Gasteiger partial charge on any atom is -0.373 e. The second-order valence-electron chi connectivity index (χ2n) is 9.54. The number of benzene rings is 1. The molecule has 0 unspecified atom stereocenters. The SMILES string of the molecule is CC(C)n1ncc2c(-c3ccc(F)cc3F)nc([C@H]3CCO[C@H](c4cnn(C5CC5)c4)C3)nc21. The van der Waals surface area contributed by atoms with E-state index in [0.29, 0.717) is 41.6 Å². The highest BCUT2D eigenvalue weighted by Crippen LogP contribution is 2.40. The smallest absolute Gasteiger partial charge is 0.162 e. The van der Waals surface area contributed by atoms with E-state index in [9.17, 15) is 8.78 Å². The largest absolute Gasteiger partial charge is 0.373 e. The fourth-order valence-electron chi connectivity index (χ4n) is 4.71. The summed E-state index contributed by atoms with van der Waals surface area (Å²) in [6.07, 6.45) is 9.38. The average molecular weight is 465 g/mol. The summed E-state index contributed by atoms with van der Waals surface area (Å²) in [5, 5.41) is 9.64. The van der Waals surface area contributed by atoms with Crippen LogP contribution in [0.4, 0.5) is 8.78 Å². The highest BCUT2D eigenvalue weighted by molar-refractivity contribution is 5.90. The maximum absolute atomic E-state index is 14.8. The summed E-state index contributed by atoms with van der Waals surface area (Å²) in [5.74, 6) is -0.606. The number of fused-ring (bicyclic) bond motifs is 1. The van der Waals surface area contributed by atoms with Gasteiger partial charge in [0.1, 0.15) is 17.5 Å². The molecule has 7 nitrogen and oxygen atoms in total. The molecule has 2 fully saturated rings. The van der Waals surface area contributed by atoms with E-state index in [4.69, 9.17) is 14.7 Å². The van der Waals surface area contributed by atoms with E-state index in [2.05, 4.69) is 16.4 Å². The lowest BCUT2D eigenvalue weighted by Gasteiger charge is -2.28. The van der Waals surface area contributed by atoms with Crippen LogP contribution in [0.2, 0.25) is 0 Å². The Morgan fingerprint density at radius 2 is 1.91 bits per heavy atom. The number of rotatable bonds is 5. The first kappa shape index (κ1) is 21.3. The van der Waals surface area contributed by atoms with Crippen LogP contribution in [0, 0.1) is 11.6 Å². The monoisotopic (exact) mass is 464 g/mol. The predicted octanol–water partition coefficient (Wildman–Crippen LogP) is 5.52. The van der Waals surface area contributed by atoms with Crippen LogP contribution in [0.25, 0.3) is 22.3 Å². The van der Waals surface area contributed by atoms with Gasteiger partial charge in [-0.05, 0) is 51.7 Å². The minimum atomic E-state index is -0.652. The van der Waals surface area contributed by atoms with Gasteiger partial charge in [0.2, 0.25) is 0 Å². The van der Waals surface area contributed by atoms with Crippen LogP contribution < -0.4 is 0 Å². The topological polar surface area (TPSA) is 70.7 Å². The summed E-state index contributed by atoms with van der Waals surface area (Å²) >= 11 is 0. The number of hydrogen-bond donors (Lipinski definition) is 0. The van der Waals surface area contributed by atoms with E-state index >= 15 is 0 Å². The molecule has 0 bridgehead atoms. The maximum Gasteiger partial charge on any atom is 0.162 e. The van der Waals surface area contributed by atoms with Gasteiger partial charge in [-0.15, -0.1) is 0 Å². The summed E-state index contributed by atoms with van der Waals surface area (Å²) in [7, 11) is 0. The molecule has 4 heterocycles. The molecule has 0 spiro atoms. The van der Waals surface area contributed by atoms with E-state index in [1.54, 1.807) is 6.20 Å². The van der Waals surface area contributed by atoms with Crippen LogP contribution in [-0.2, 0) is 4.74 Å². The second kappa shape index (κ2) is 8.23. The minimum absolute atomic E-state index is 0.0326. The van der Waals surface area contributed by atoms with Gasteiger partial charge in [-0.2, -0.15) is 10.2 Å². The Bertz CT molecular complexity index is 1360. The Morgan fingerprint density at radius 3 is 2.68 bits per heavy atom. The zero-order chi connectivity index (χ0) is 23.4. The third-order valence-electron chi connectivity index (χ3n) is 6.71. The third kappa shape index (κ3) is 3.77. The molecule has 2 aliphatic rings. The molecular weight excluding hydrogens is 438 g/mol. The lowest BCUT2D eigenvalue weighted by molar-refractivity contribution is 0.00396. The van der Waals surface area contributed by atoms with Crippen molar-refractivity contribution in [3.8, 4) is 11.3 Å². The Kier molecular flexibility index (Phi) is 5.17. The number of halogens is 2. The van der Waals surface area contributed by atoms with Crippen molar-refractivity contribution >= 4 is 11.0 Å². The van der Waals surface area contributed by atoms with E-state index < -0.39 is 11.6 Å². The fraction of sp³-hybridized carbons (Fsp3) is 0.440. The first-order chi connectivity index (χ1) is 16.5. The van der Waals surface area contributed by atoms with Crippen molar-refractivity contribution in [1.29, 1.82) is 0 Å². The molecule has 2 atom stereocenters. The standard InChI is InChI=1S/C25H26F2N6O/c1-14(2)33-25-20(12-29-33)23(19-6-3-17(26)10-21(19)27)30-24(31-25)15-7-8-34-22(9-15)16-11-28-32(13-16)18-4-5-18/h3,6,10-15,18,22H,4-5,7-9H2,1-2H3/t15-,22-/m0/s1. The van der Waals surface area contributed by atoms with Crippen molar-refractivity contribution < 1.29 is 13.5 Å². The Hall–Kier alpha value is -3.20. The molecule has 9 heteroatoms. The van der Waals surface area contributed by atoms with Crippen molar-refractivity contribution in [2.75, 3.05) is 6.61 Å². The third-order valence-corrected chi connectivity index (χ3v) is 6.71. The van der Waals surface area contributed by atoms with Crippen LogP contribution in [0.1, 0.15) is 75.0 Å². The van der Waals surface area contributed by atoms with Gasteiger partial charge in [-0.25, -0.2) is 23.4 Å². The molecule has 3 aromatic heterocycles. The number of hydrogen-bond acceptors (Lipinski definition) is 5. The second-order valence-corrected chi connectivity index (χ2v) is 9.54. The van der Waals surface area contributed by atoms with E-state index in [-0.39, 0.29) is 23.6 Å². The summed E-state index contributed by atoms with van der Waals surface area (Å²) in [5.41, 5.74) is 2.40. The van der Waals surface area contributed by atoms with Crippen LogP contribution in [0.5, 0.6) is 0 Å². The quantitative estimate of drug-likeness (QED) is 0.389. The van der Waals surface area contributed by atoms with Crippen LogP contribution >= 0.6 is 0 Å². The van der Waals surface area contributed by atoms with Gasteiger partial charge in [-0.3, -0.25) is 4.68 Å². The van der Waals surface area contributed by atoms with Crippen LogP contribution in [0.3, 0.4) is 0 Å². The zero-order valence-corrected chi connectivity index (χ0v) is 19.2. The van der Waals surface area contributed by atoms with E-state index in [0.717, 1.165) is 18.1 Å². The fourth-order valence-corrected chi connectivity index (χ4v) is 4.71. The number of ether oxygens (including phenoxy) is 1. The zero-order valence-electron chi connectivity index (χ0n) is 19.2. The Morgan fingerprint density at radius 1 is 1.06 bits per heavy atom. The first-order valence-corrected chi connectivity index (χ1v) is 11.8. The van der Waals surface area contributed by atoms with Gasteiger partial charge in [0.15, 0.2) is 5.65 Å². The molecule has 0 N–H and O–H groups in total. The molecule has 0 amide bonds. The van der Waals surface area contributed by atoms with Gasteiger partial charge in [-0.1, -0.05) is 0 Å². The summed E-state index contributed by atoms with van der Waals surface area (Å²) in [6, 6.07) is 4.16. The molecule has 1 aliphatic heterocycles. The predicted molar refractivity (Wildman–Crippen MR) is 122 cm³/mol. The van der Waals surface area contributed by atoms with Crippen molar-refractivity contribution in [2.24, 2.45) is 0 Å². The maximum atomic E-state index is 14.8. The van der Waals surface area contributed by atoms with Gasteiger partial charge < -0.3 is 4.74 Å². The average Bonchev–Trinajstić information content (AvgIpc) is 3.38. The molecule has 1 saturated heterocycles. The molecule has 34 heavy (non-hydrogen) atoms. The molecular formula is C25H26F2N6O. The van der Waals surface area contributed by atoms with Crippen molar-refractivity contribution in [3.05, 3.63) is 59.8 Å². The van der Waals surface area contributed by atoms with Gasteiger partial charge in [0.25, 0.3) is 0 Å². The Balaban J connectivity index is 1.41. The highest BCUT2D eigenvalue weighted by Gasteiger charge is 2.31. The van der Waals surface area contributed by atoms with Crippen LogP contribution in [0.15, 0.2) is 36.8 Å². The van der Waals surface area contributed by atoms with Crippen LogP contribution in [-0.4, -0.2) is 36.1 Å². The molecule has 4 aromatic rings. The van der Waals surface area contributed by atoms with Crippen molar-refractivity contribution in [1.82, 2.24) is 29.5 Å². The first-order valence-electron chi connectivity index (χ1n) is 11.8. The molecule has 0 radical (unpaired) electrons. The van der Waals surface area contributed by atoms with Gasteiger partial charge in [0.05, 0.1) is 35.6 Å². The van der Waals surface area contributed by atoms with Crippen molar-refractivity contribution in [2.45, 2.75) is 63.6 Å². The van der Waals surface area contributed by atoms with E-state index in [1.807, 2.05) is 29.4 Å². The summed E-state index contributed by atoms with van der Waals surface area (Å²) < 4.78 is 38.3. The summed E-state index contributed by atoms with van der Waals surface area (Å²) in [4.78, 5) is 9.73. The highest BCUT2D eigenvalue weighted by atomic mass is 19.1. The lowest BCUT2D eigenvalue weighted by Crippen LogP contribution is -2.20. The van der Waals surface area contributed by atoms with E-state index in [1.165, 1.54) is 25.0 Å². The van der Waals surface area contributed by atoms with Gasteiger partial charge >= 0.3 is 0 Å². The lowest BCUT2D eigenvalue weighted by atomic mass is 9.92. The normalized spacial score (nSPS) is 21.0. The number of aromatic nitrogens is 6. The molecule has 6 rings (SSSR count). The molecule has 1 saturated carbocycles. The molecule has 1 aromatic carbocycles. The van der Waals surface area contributed by atoms with Gasteiger partial charge in [0, 0.05) is 42.0 Å². The Labute approximate surface area is 195 Å².